The fraction of sp³-hybridized carbons (Fsp3) is 0.600. The van der Waals surface area contributed by atoms with E-state index in [0.29, 0.717) is 6.54 Å². The Kier molecular flexibility index (Phi) is 4.16. The number of nitrogens with zero attached hydrogens (tertiary/aromatic N) is 4. The average molecular weight is 274 g/mol. The van der Waals surface area contributed by atoms with Crippen LogP contribution in [0.3, 0.4) is 0 Å². The fourth-order valence-electron chi connectivity index (χ4n) is 2.98. The van der Waals surface area contributed by atoms with Gasteiger partial charge in [-0.1, -0.05) is 19.3 Å². The molecule has 1 fully saturated rings. The van der Waals surface area contributed by atoms with Crippen LogP contribution in [0, 0.1) is 5.92 Å². The smallest absolute Gasteiger partial charge is 0.0641 e. The van der Waals surface area contributed by atoms with Crippen molar-refractivity contribution in [2.24, 2.45) is 5.92 Å². The van der Waals surface area contributed by atoms with Crippen LogP contribution < -0.4 is 0 Å². The van der Waals surface area contributed by atoms with E-state index in [1.165, 1.54) is 32.1 Å². The summed E-state index contributed by atoms with van der Waals surface area (Å²) in [6, 6.07) is 0. The Morgan fingerprint density at radius 2 is 1.65 bits per heavy atom. The Balaban J connectivity index is 1.65. The van der Waals surface area contributed by atoms with Gasteiger partial charge in [0.05, 0.1) is 25.5 Å². The van der Waals surface area contributed by atoms with Gasteiger partial charge in [0.1, 0.15) is 0 Å². The first-order chi connectivity index (χ1) is 9.85. The molecular formula is C15H22N4O. The zero-order chi connectivity index (χ0) is 13.8. The van der Waals surface area contributed by atoms with E-state index in [-0.39, 0.29) is 6.61 Å². The van der Waals surface area contributed by atoms with Crippen LogP contribution in [0.1, 0.15) is 32.1 Å². The largest absolute Gasteiger partial charge is 0.394 e. The predicted octanol–water partition coefficient (Wildman–Crippen LogP) is 2.32. The molecule has 0 saturated heterocycles. The van der Waals surface area contributed by atoms with Gasteiger partial charge >= 0.3 is 0 Å². The van der Waals surface area contributed by atoms with E-state index in [4.69, 9.17) is 5.11 Å². The zero-order valence-electron chi connectivity index (χ0n) is 11.8. The standard InChI is InChI=1S/C15H22N4O/c20-7-6-18-11-14(8-16-18)15-9-17-19(12-15)10-13-4-2-1-3-5-13/h8-9,11-13,20H,1-7,10H2. The highest BCUT2D eigenvalue weighted by atomic mass is 16.3. The summed E-state index contributed by atoms with van der Waals surface area (Å²) in [5.41, 5.74) is 2.17. The quantitative estimate of drug-likeness (QED) is 0.910. The van der Waals surface area contributed by atoms with Gasteiger partial charge in [-0.2, -0.15) is 10.2 Å². The lowest BCUT2D eigenvalue weighted by molar-refractivity contribution is 0.269. The first kappa shape index (κ1) is 13.4. The summed E-state index contributed by atoms with van der Waals surface area (Å²) in [4.78, 5) is 0. The number of aliphatic hydroxyl groups excluding tert-OH is 1. The second-order valence-electron chi connectivity index (χ2n) is 5.67. The third-order valence-electron chi connectivity index (χ3n) is 4.10. The van der Waals surface area contributed by atoms with Gasteiger partial charge in [-0.25, -0.2) is 0 Å². The molecule has 0 bridgehead atoms. The summed E-state index contributed by atoms with van der Waals surface area (Å²) in [7, 11) is 0. The van der Waals surface area contributed by atoms with Gasteiger partial charge in [0.15, 0.2) is 0 Å². The third-order valence-corrected chi connectivity index (χ3v) is 4.10. The van der Waals surface area contributed by atoms with Crippen LogP contribution in [0.25, 0.3) is 11.1 Å². The number of hydrogen-bond acceptors (Lipinski definition) is 3. The summed E-state index contributed by atoms with van der Waals surface area (Å²) >= 11 is 0. The maximum atomic E-state index is 8.91. The molecule has 2 aromatic rings. The van der Waals surface area contributed by atoms with Crippen molar-refractivity contribution in [2.45, 2.75) is 45.2 Å². The van der Waals surface area contributed by atoms with Crippen molar-refractivity contribution in [1.29, 1.82) is 0 Å². The molecule has 0 aliphatic heterocycles. The molecule has 5 heteroatoms. The Morgan fingerprint density at radius 3 is 2.35 bits per heavy atom. The molecule has 0 atom stereocenters. The predicted molar refractivity (Wildman–Crippen MR) is 77.1 cm³/mol. The van der Waals surface area contributed by atoms with Crippen LogP contribution in [0.4, 0.5) is 0 Å². The Bertz CT molecular complexity index is 540. The summed E-state index contributed by atoms with van der Waals surface area (Å²) in [5, 5.41) is 17.6. The topological polar surface area (TPSA) is 55.9 Å². The van der Waals surface area contributed by atoms with Crippen molar-refractivity contribution >= 4 is 0 Å². The summed E-state index contributed by atoms with van der Waals surface area (Å²) < 4.78 is 3.82. The highest BCUT2D eigenvalue weighted by molar-refractivity contribution is 5.59. The summed E-state index contributed by atoms with van der Waals surface area (Å²) in [6.07, 6.45) is 14.6. The Morgan fingerprint density at radius 1 is 1.00 bits per heavy atom. The zero-order valence-corrected chi connectivity index (χ0v) is 11.8. The third kappa shape index (κ3) is 3.10. The molecule has 20 heavy (non-hydrogen) atoms. The lowest BCUT2D eigenvalue weighted by atomic mass is 9.89. The SMILES string of the molecule is OCCn1cc(-c2cnn(CC3CCCCC3)c2)cn1. The highest BCUT2D eigenvalue weighted by Crippen LogP contribution is 2.25. The molecule has 0 unspecified atom stereocenters. The van der Waals surface area contributed by atoms with Crippen LogP contribution in [-0.4, -0.2) is 31.3 Å². The molecule has 108 valence electrons. The monoisotopic (exact) mass is 274 g/mol. The van der Waals surface area contributed by atoms with E-state index in [1.54, 1.807) is 4.68 Å². The van der Waals surface area contributed by atoms with E-state index in [0.717, 1.165) is 23.6 Å². The maximum absolute atomic E-state index is 8.91. The molecular weight excluding hydrogens is 252 g/mol. The lowest BCUT2D eigenvalue weighted by Gasteiger charge is -2.21. The lowest BCUT2D eigenvalue weighted by Crippen LogP contribution is -2.14. The van der Waals surface area contributed by atoms with E-state index >= 15 is 0 Å². The second-order valence-corrected chi connectivity index (χ2v) is 5.67. The van der Waals surface area contributed by atoms with E-state index < -0.39 is 0 Å². The van der Waals surface area contributed by atoms with Crippen LogP contribution in [0.2, 0.25) is 0 Å². The van der Waals surface area contributed by atoms with Crippen molar-refractivity contribution in [1.82, 2.24) is 19.6 Å². The minimum atomic E-state index is 0.113. The molecule has 2 aromatic heterocycles. The molecule has 0 spiro atoms. The molecule has 0 radical (unpaired) electrons. The van der Waals surface area contributed by atoms with Gasteiger partial charge in [0.25, 0.3) is 0 Å². The molecule has 2 heterocycles. The van der Waals surface area contributed by atoms with Crippen molar-refractivity contribution in [3.63, 3.8) is 0 Å². The summed E-state index contributed by atoms with van der Waals surface area (Å²) in [5.74, 6) is 0.786. The van der Waals surface area contributed by atoms with E-state index in [2.05, 4.69) is 21.1 Å². The Hall–Kier alpha value is -1.62. The van der Waals surface area contributed by atoms with E-state index in [1.807, 2.05) is 18.6 Å². The van der Waals surface area contributed by atoms with Crippen LogP contribution >= 0.6 is 0 Å². The summed E-state index contributed by atoms with van der Waals surface area (Å²) in [6.45, 7) is 1.68. The van der Waals surface area contributed by atoms with Gasteiger partial charge in [-0.05, 0) is 18.8 Å². The van der Waals surface area contributed by atoms with Crippen LogP contribution in [0.5, 0.6) is 0 Å². The molecule has 1 aliphatic rings. The fourth-order valence-corrected chi connectivity index (χ4v) is 2.98. The molecule has 5 nitrogen and oxygen atoms in total. The van der Waals surface area contributed by atoms with Gasteiger partial charge < -0.3 is 5.11 Å². The van der Waals surface area contributed by atoms with Gasteiger partial charge in [0, 0.05) is 30.1 Å². The second kappa shape index (κ2) is 6.22. The van der Waals surface area contributed by atoms with Crippen LogP contribution in [-0.2, 0) is 13.1 Å². The molecule has 0 aromatic carbocycles. The molecule has 1 N–H and O–H groups in total. The number of aliphatic hydroxyl groups is 1. The Labute approximate surface area is 119 Å². The maximum Gasteiger partial charge on any atom is 0.0641 e. The van der Waals surface area contributed by atoms with Crippen molar-refractivity contribution in [2.75, 3.05) is 6.61 Å². The number of rotatable bonds is 5. The van der Waals surface area contributed by atoms with E-state index in [9.17, 15) is 0 Å². The first-order valence-corrected chi connectivity index (χ1v) is 7.51. The number of aromatic nitrogens is 4. The normalized spacial score (nSPS) is 16.6. The molecule has 3 rings (SSSR count). The molecule has 1 aliphatic carbocycles. The minimum Gasteiger partial charge on any atom is -0.394 e. The van der Waals surface area contributed by atoms with Gasteiger partial charge in [-0.15, -0.1) is 0 Å². The molecule has 0 amide bonds. The molecule has 1 saturated carbocycles. The minimum absolute atomic E-state index is 0.113. The van der Waals surface area contributed by atoms with Crippen LogP contribution in [0.15, 0.2) is 24.8 Å². The number of hydrogen-bond donors (Lipinski definition) is 1. The van der Waals surface area contributed by atoms with Crippen molar-refractivity contribution in [3.8, 4) is 11.1 Å². The van der Waals surface area contributed by atoms with Crippen molar-refractivity contribution < 1.29 is 5.11 Å². The van der Waals surface area contributed by atoms with Gasteiger partial charge in [0.2, 0.25) is 0 Å². The van der Waals surface area contributed by atoms with Crippen molar-refractivity contribution in [3.05, 3.63) is 24.8 Å². The highest BCUT2D eigenvalue weighted by Gasteiger charge is 2.14. The van der Waals surface area contributed by atoms with Gasteiger partial charge in [-0.3, -0.25) is 9.36 Å². The first-order valence-electron chi connectivity index (χ1n) is 7.51. The average Bonchev–Trinajstić information content (AvgIpc) is 3.10.